The molecule has 1 saturated heterocycles. The fourth-order valence-electron chi connectivity index (χ4n) is 2.97. The van der Waals surface area contributed by atoms with Crippen molar-refractivity contribution in [2.24, 2.45) is 0 Å². The Morgan fingerprint density at radius 3 is 2.83 bits per heavy atom. The number of ether oxygens (including phenoxy) is 1. The molecule has 2 heterocycles. The molecule has 0 saturated carbocycles. The van der Waals surface area contributed by atoms with Gasteiger partial charge >= 0.3 is 0 Å². The zero-order chi connectivity index (χ0) is 17.1. The first kappa shape index (κ1) is 16.2. The number of likely N-dealkylation sites (N-methyl/N-ethyl adjacent to an activating group) is 1. The third-order valence-electron chi connectivity index (χ3n) is 4.21. The monoisotopic (exact) mass is 324 g/mol. The van der Waals surface area contributed by atoms with Crippen LogP contribution in [0, 0.1) is 18.3 Å². The predicted octanol–water partition coefficient (Wildman–Crippen LogP) is 2.50. The summed E-state index contributed by atoms with van der Waals surface area (Å²) in [6.45, 7) is 3.89. The van der Waals surface area contributed by atoms with Gasteiger partial charge in [0.1, 0.15) is 11.9 Å². The molecule has 1 aromatic carbocycles. The lowest BCUT2D eigenvalue weighted by atomic mass is 10.0. The van der Waals surface area contributed by atoms with E-state index in [1.807, 2.05) is 19.1 Å². The Balaban J connectivity index is 1.81. The number of nitrogens with zero attached hydrogens (tertiary/aromatic N) is 4. The third-order valence-corrected chi connectivity index (χ3v) is 4.21. The van der Waals surface area contributed by atoms with Crippen molar-refractivity contribution in [3.05, 3.63) is 35.4 Å². The average Bonchev–Trinajstić information content (AvgIpc) is 2.55. The highest BCUT2D eigenvalue weighted by atomic mass is 16.5. The summed E-state index contributed by atoms with van der Waals surface area (Å²) in [5.41, 5.74) is 2.42. The zero-order valence-electron chi connectivity index (χ0n) is 13.9. The lowest BCUT2D eigenvalue weighted by molar-refractivity contribution is 0.0990. The van der Waals surface area contributed by atoms with Crippen molar-refractivity contribution in [3.63, 3.8) is 0 Å². The third kappa shape index (κ3) is 3.47. The first-order valence-corrected chi connectivity index (χ1v) is 8.00. The van der Waals surface area contributed by atoms with E-state index in [1.165, 1.54) is 6.07 Å². The van der Waals surface area contributed by atoms with Gasteiger partial charge in [-0.25, -0.2) is 0 Å². The lowest BCUT2D eigenvalue weighted by Gasteiger charge is -2.29. The fraction of sp³-hybridized carbons (Fsp3) is 0.389. The van der Waals surface area contributed by atoms with Gasteiger partial charge in [0.2, 0.25) is 5.88 Å². The van der Waals surface area contributed by atoms with E-state index in [1.54, 1.807) is 12.1 Å². The van der Waals surface area contributed by atoms with Crippen molar-refractivity contribution in [3.8, 4) is 29.0 Å². The van der Waals surface area contributed by atoms with Crippen molar-refractivity contribution in [1.29, 1.82) is 5.26 Å². The number of nitriles is 1. The van der Waals surface area contributed by atoms with Gasteiger partial charge in [-0.1, -0.05) is 0 Å². The van der Waals surface area contributed by atoms with E-state index in [-0.39, 0.29) is 11.9 Å². The number of rotatable bonds is 3. The minimum Gasteiger partial charge on any atom is -0.507 e. The summed E-state index contributed by atoms with van der Waals surface area (Å²) in [5.74, 6) is 0.527. The minimum absolute atomic E-state index is 0.0222. The van der Waals surface area contributed by atoms with Crippen LogP contribution >= 0.6 is 0 Å². The van der Waals surface area contributed by atoms with Gasteiger partial charge in [0.15, 0.2) is 0 Å². The van der Waals surface area contributed by atoms with Crippen LogP contribution < -0.4 is 4.74 Å². The predicted molar refractivity (Wildman–Crippen MR) is 89.7 cm³/mol. The van der Waals surface area contributed by atoms with Gasteiger partial charge in [-0.2, -0.15) is 5.26 Å². The second-order valence-corrected chi connectivity index (χ2v) is 6.20. The highest BCUT2D eigenvalue weighted by Crippen LogP contribution is 2.31. The quantitative estimate of drug-likeness (QED) is 0.934. The number of hydrogen-bond donors (Lipinski definition) is 1. The van der Waals surface area contributed by atoms with Gasteiger partial charge in [-0.3, -0.25) is 0 Å². The SMILES string of the molecule is Cc1cc(O[C@@H]2CCCN(C)C2)nnc1-c1ccc(C#N)cc1O. The second-order valence-electron chi connectivity index (χ2n) is 6.20. The maximum Gasteiger partial charge on any atom is 0.233 e. The fourth-order valence-corrected chi connectivity index (χ4v) is 2.97. The van der Waals surface area contributed by atoms with Crippen LogP contribution in [0.3, 0.4) is 0 Å². The molecule has 0 aliphatic carbocycles. The first-order valence-electron chi connectivity index (χ1n) is 8.00. The van der Waals surface area contributed by atoms with E-state index in [9.17, 15) is 5.11 Å². The molecule has 0 radical (unpaired) electrons. The molecule has 0 spiro atoms. The Morgan fingerprint density at radius 1 is 1.33 bits per heavy atom. The Morgan fingerprint density at radius 2 is 2.17 bits per heavy atom. The molecule has 0 bridgehead atoms. The van der Waals surface area contributed by atoms with Crippen LogP contribution in [0.1, 0.15) is 24.0 Å². The summed E-state index contributed by atoms with van der Waals surface area (Å²) in [6.07, 6.45) is 2.26. The molecule has 6 heteroatoms. The van der Waals surface area contributed by atoms with Crippen LogP contribution in [0.2, 0.25) is 0 Å². The molecular formula is C18H20N4O2. The number of likely N-dealkylation sites (tertiary alicyclic amines) is 1. The van der Waals surface area contributed by atoms with Gasteiger partial charge in [-0.05, 0) is 57.1 Å². The van der Waals surface area contributed by atoms with Crippen LogP contribution in [-0.2, 0) is 0 Å². The number of hydrogen-bond acceptors (Lipinski definition) is 6. The summed E-state index contributed by atoms with van der Waals surface area (Å²) in [7, 11) is 2.09. The van der Waals surface area contributed by atoms with Gasteiger partial charge in [0.25, 0.3) is 0 Å². The van der Waals surface area contributed by atoms with E-state index < -0.39 is 0 Å². The van der Waals surface area contributed by atoms with Crippen molar-refractivity contribution in [2.75, 3.05) is 20.1 Å². The van der Waals surface area contributed by atoms with Crippen molar-refractivity contribution >= 4 is 0 Å². The molecule has 3 rings (SSSR count). The molecule has 6 nitrogen and oxygen atoms in total. The number of piperidine rings is 1. The lowest BCUT2D eigenvalue weighted by Crippen LogP contribution is -2.38. The normalized spacial score (nSPS) is 18.1. The summed E-state index contributed by atoms with van der Waals surface area (Å²) < 4.78 is 5.94. The van der Waals surface area contributed by atoms with Crippen molar-refractivity contribution < 1.29 is 9.84 Å². The molecule has 0 unspecified atom stereocenters. The summed E-state index contributed by atoms with van der Waals surface area (Å²) >= 11 is 0. The van der Waals surface area contributed by atoms with Crippen LogP contribution in [0.25, 0.3) is 11.3 Å². The highest BCUT2D eigenvalue weighted by Gasteiger charge is 2.20. The van der Waals surface area contributed by atoms with E-state index in [0.717, 1.165) is 31.5 Å². The van der Waals surface area contributed by atoms with Crippen LogP contribution in [0.5, 0.6) is 11.6 Å². The topological polar surface area (TPSA) is 82.3 Å². The van der Waals surface area contributed by atoms with Gasteiger partial charge in [0.05, 0.1) is 17.3 Å². The first-order chi connectivity index (χ1) is 11.6. The Labute approximate surface area is 141 Å². The minimum atomic E-state index is 0.0222. The molecule has 0 amide bonds. The molecule has 1 aliphatic rings. The molecule has 1 N–H and O–H groups in total. The smallest absolute Gasteiger partial charge is 0.233 e. The maximum atomic E-state index is 10.1. The van der Waals surface area contributed by atoms with Crippen LogP contribution in [-0.4, -0.2) is 46.4 Å². The Hall–Kier alpha value is -2.65. The molecule has 1 atom stereocenters. The Bertz CT molecular complexity index is 785. The molecule has 124 valence electrons. The van der Waals surface area contributed by atoms with Gasteiger partial charge in [0, 0.05) is 18.2 Å². The molecule has 24 heavy (non-hydrogen) atoms. The largest absolute Gasteiger partial charge is 0.507 e. The van der Waals surface area contributed by atoms with E-state index >= 15 is 0 Å². The number of benzene rings is 1. The average molecular weight is 324 g/mol. The molecule has 1 aromatic heterocycles. The standard InChI is InChI=1S/C18H20N4O2/c1-12-8-17(24-14-4-3-7-22(2)11-14)20-21-18(12)15-6-5-13(10-19)9-16(15)23/h5-6,8-9,14,23H,3-4,7,11H2,1-2H3/t14-/m1/s1. The van der Waals surface area contributed by atoms with E-state index in [4.69, 9.17) is 10.00 Å². The van der Waals surface area contributed by atoms with Gasteiger partial charge < -0.3 is 14.7 Å². The zero-order valence-corrected chi connectivity index (χ0v) is 13.9. The van der Waals surface area contributed by atoms with Gasteiger partial charge in [-0.15, -0.1) is 10.2 Å². The van der Waals surface area contributed by atoms with Crippen molar-refractivity contribution in [2.45, 2.75) is 25.9 Å². The number of aromatic hydroxyl groups is 1. The molecule has 1 aliphatic heterocycles. The van der Waals surface area contributed by atoms with Crippen molar-refractivity contribution in [1.82, 2.24) is 15.1 Å². The molecule has 2 aromatic rings. The summed E-state index contributed by atoms with van der Waals surface area (Å²) in [6, 6.07) is 8.60. The highest BCUT2D eigenvalue weighted by molar-refractivity contribution is 5.70. The number of phenols is 1. The molecular weight excluding hydrogens is 304 g/mol. The number of phenolic OH excluding ortho intramolecular Hbond substituents is 1. The maximum absolute atomic E-state index is 10.1. The second kappa shape index (κ2) is 6.85. The Kier molecular flexibility index (Phi) is 4.63. The summed E-state index contributed by atoms with van der Waals surface area (Å²) in [4.78, 5) is 2.25. The van der Waals surface area contributed by atoms with Crippen LogP contribution in [0.4, 0.5) is 0 Å². The van der Waals surface area contributed by atoms with E-state index in [0.29, 0.717) is 22.7 Å². The number of aryl methyl sites for hydroxylation is 1. The van der Waals surface area contributed by atoms with Crippen LogP contribution in [0.15, 0.2) is 24.3 Å². The number of aromatic nitrogens is 2. The summed E-state index contributed by atoms with van der Waals surface area (Å²) in [5, 5.41) is 27.4. The van der Waals surface area contributed by atoms with E-state index in [2.05, 4.69) is 22.1 Å². The molecule has 1 fully saturated rings.